The van der Waals surface area contributed by atoms with Crippen molar-refractivity contribution in [3.8, 4) is 6.07 Å². The highest BCUT2D eigenvalue weighted by Crippen LogP contribution is 2.26. The largest absolute Gasteiger partial charge is 0.356 e. The average Bonchev–Trinajstić information content (AvgIpc) is 2.32. The second kappa shape index (κ2) is 6.34. The highest BCUT2D eigenvalue weighted by atomic mass is 35.5. The molecule has 16 heavy (non-hydrogen) atoms. The predicted octanol–water partition coefficient (Wildman–Crippen LogP) is 3.23. The Hall–Kier alpha value is -1.27. The second-order valence-corrected chi connectivity index (χ2v) is 3.92. The SMILES string of the molecule is CCCCN(CC)c1nccc(C#N)c1Cl. The standard InChI is InChI=1S/C12H16ClN3/c1-3-5-8-16(4-2)12-11(13)10(9-14)6-7-15-12/h6-7H,3-5,8H2,1-2H3. The Morgan fingerprint density at radius 1 is 1.50 bits per heavy atom. The van der Waals surface area contributed by atoms with Crippen LogP contribution in [0.3, 0.4) is 0 Å². The smallest absolute Gasteiger partial charge is 0.148 e. The van der Waals surface area contributed by atoms with E-state index in [0.717, 1.165) is 31.7 Å². The van der Waals surface area contributed by atoms with Crippen molar-refractivity contribution in [3.05, 3.63) is 22.8 Å². The Morgan fingerprint density at radius 2 is 2.25 bits per heavy atom. The van der Waals surface area contributed by atoms with Gasteiger partial charge in [-0.3, -0.25) is 0 Å². The highest BCUT2D eigenvalue weighted by Gasteiger charge is 2.12. The summed E-state index contributed by atoms with van der Waals surface area (Å²) in [6, 6.07) is 3.71. The van der Waals surface area contributed by atoms with Crippen molar-refractivity contribution in [1.29, 1.82) is 5.26 Å². The zero-order chi connectivity index (χ0) is 12.0. The van der Waals surface area contributed by atoms with Crippen molar-refractivity contribution >= 4 is 17.4 Å². The summed E-state index contributed by atoms with van der Waals surface area (Å²) in [5.41, 5.74) is 0.488. The number of unbranched alkanes of at least 4 members (excludes halogenated alkanes) is 1. The molecule has 1 rings (SSSR count). The molecule has 0 unspecified atom stereocenters. The van der Waals surface area contributed by atoms with Gasteiger partial charge in [-0.15, -0.1) is 0 Å². The summed E-state index contributed by atoms with van der Waals surface area (Å²) in [5.74, 6) is 0.719. The molecule has 86 valence electrons. The number of aromatic nitrogens is 1. The number of rotatable bonds is 5. The quantitative estimate of drug-likeness (QED) is 0.789. The van der Waals surface area contributed by atoms with E-state index < -0.39 is 0 Å². The maximum atomic E-state index is 8.89. The fourth-order valence-corrected chi connectivity index (χ4v) is 1.78. The van der Waals surface area contributed by atoms with E-state index in [9.17, 15) is 0 Å². The maximum absolute atomic E-state index is 8.89. The van der Waals surface area contributed by atoms with Crippen molar-refractivity contribution in [2.45, 2.75) is 26.7 Å². The number of hydrogen-bond acceptors (Lipinski definition) is 3. The van der Waals surface area contributed by atoms with Crippen LogP contribution in [0.4, 0.5) is 5.82 Å². The van der Waals surface area contributed by atoms with Crippen LogP contribution >= 0.6 is 11.6 Å². The topological polar surface area (TPSA) is 39.9 Å². The van der Waals surface area contributed by atoms with Crippen LogP contribution in [0, 0.1) is 11.3 Å². The number of nitriles is 1. The van der Waals surface area contributed by atoms with Gasteiger partial charge in [0.1, 0.15) is 16.9 Å². The summed E-state index contributed by atoms with van der Waals surface area (Å²) < 4.78 is 0. The summed E-state index contributed by atoms with van der Waals surface area (Å²) in [6.07, 6.45) is 3.86. The zero-order valence-corrected chi connectivity index (χ0v) is 10.5. The van der Waals surface area contributed by atoms with Gasteiger partial charge >= 0.3 is 0 Å². The van der Waals surface area contributed by atoms with Gasteiger partial charge < -0.3 is 4.90 Å². The Morgan fingerprint density at radius 3 is 2.81 bits per heavy atom. The van der Waals surface area contributed by atoms with Crippen molar-refractivity contribution in [3.63, 3.8) is 0 Å². The van der Waals surface area contributed by atoms with Crippen molar-refractivity contribution in [2.24, 2.45) is 0 Å². The van der Waals surface area contributed by atoms with Gasteiger partial charge in [-0.2, -0.15) is 5.26 Å². The lowest BCUT2D eigenvalue weighted by Gasteiger charge is -2.22. The highest BCUT2D eigenvalue weighted by molar-refractivity contribution is 6.34. The van der Waals surface area contributed by atoms with Crippen LogP contribution in [-0.2, 0) is 0 Å². The Bertz CT molecular complexity index is 384. The molecule has 0 aliphatic heterocycles. The van der Waals surface area contributed by atoms with Gasteiger partial charge in [0.15, 0.2) is 0 Å². The average molecular weight is 238 g/mol. The van der Waals surface area contributed by atoms with E-state index in [-0.39, 0.29) is 0 Å². The van der Waals surface area contributed by atoms with Crippen molar-refractivity contribution < 1.29 is 0 Å². The fourth-order valence-electron chi connectivity index (χ4n) is 1.50. The Kier molecular flexibility index (Phi) is 5.07. The third-order valence-corrected chi connectivity index (χ3v) is 2.83. The third kappa shape index (κ3) is 2.86. The molecule has 0 aliphatic carbocycles. The van der Waals surface area contributed by atoms with Crippen LogP contribution in [0.2, 0.25) is 5.02 Å². The number of nitrogens with zero attached hydrogens (tertiary/aromatic N) is 3. The minimum atomic E-state index is 0.461. The lowest BCUT2D eigenvalue weighted by atomic mass is 10.2. The molecule has 0 aromatic carbocycles. The summed E-state index contributed by atoms with van der Waals surface area (Å²) >= 11 is 6.13. The van der Waals surface area contributed by atoms with E-state index in [4.69, 9.17) is 16.9 Å². The molecule has 0 saturated carbocycles. The molecular weight excluding hydrogens is 222 g/mol. The monoisotopic (exact) mass is 237 g/mol. The number of hydrogen-bond donors (Lipinski definition) is 0. The molecule has 4 heteroatoms. The predicted molar refractivity (Wildman–Crippen MR) is 66.8 cm³/mol. The molecule has 0 amide bonds. The van der Waals surface area contributed by atoms with Crippen LogP contribution in [0.25, 0.3) is 0 Å². The summed E-state index contributed by atoms with van der Waals surface area (Å²) in [6.45, 7) is 5.98. The third-order valence-electron chi connectivity index (χ3n) is 2.45. The van der Waals surface area contributed by atoms with Crippen LogP contribution < -0.4 is 4.90 Å². The summed E-state index contributed by atoms with van der Waals surface area (Å²) in [4.78, 5) is 6.36. The van der Waals surface area contributed by atoms with E-state index in [1.165, 1.54) is 0 Å². The lowest BCUT2D eigenvalue weighted by Crippen LogP contribution is -2.25. The minimum absolute atomic E-state index is 0.461. The normalized spacial score (nSPS) is 9.88. The van der Waals surface area contributed by atoms with E-state index in [0.29, 0.717) is 10.6 Å². The molecule has 3 nitrogen and oxygen atoms in total. The molecule has 0 saturated heterocycles. The molecule has 0 spiro atoms. The first kappa shape index (κ1) is 12.8. The Balaban J connectivity index is 2.97. The second-order valence-electron chi connectivity index (χ2n) is 3.54. The number of pyridine rings is 1. The molecule has 0 bridgehead atoms. The molecular formula is C12H16ClN3. The van der Waals surface area contributed by atoms with Gasteiger partial charge in [0.25, 0.3) is 0 Å². The van der Waals surface area contributed by atoms with Crippen LogP contribution in [0.15, 0.2) is 12.3 Å². The van der Waals surface area contributed by atoms with Gasteiger partial charge in [-0.1, -0.05) is 24.9 Å². The van der Waals surface area contributed by atoms with Gasteiger partial charge in [0, 0.05) is 19.3 Å². The minimum Gasteiger partial charge on any atom is -0.356 e. The van der Waals surface area contributed by atoms with Crippen molar-refractivity contribution in [2.75, 3.05) is 18.0 Å². The number of halogens is 1. The van der Waals surface area contributed by atoms with Crippen molar-refractivity contribution in [1.82, 2.24) is 4.98 Å². The first-order chi connectivity index (χ1) is 7.74. The molecule has 0 atom stereocenters. The van der Waals surface area contributed by atoms with Crippen LogP contribution in [-0.4, -0.2) is 18.1 Å². The number of anilines is 1. The first-order valence-electron chi connectivity index (χ1n) is 5.54. The van der Waals surface area contributed by atoms with E-state index in [1.807, 2.05) is 0 Å². The molecule has 1 heterocycles. The summed E-state index contributed by atoms with van der Waals surface area (Å²) in [5, 5.41) is 9.35. The van der Waals surface area contributed by atoms with Gasteiger partial charge in [0.05, 0.1) is 5.56 Å². The molecule has 1 aromatic rings. The molecule has 0 fully saturated rings. The Labute approximate surface area is 102 Å². The van der Waals surface area contributed by atoms with E-state index in [2.05, 4.69) is 29.8 Å². The summed E-state index contributed by atoms with van der Waals surface area (Å²) in [7, 11) is 0. The van der Waals surface area contributed by atoms with E-state index in [1.54, 1.807) is 12.3 Å². The fraction of sp³-hybridized carbons (Fsp3) is 0.500. The van der Waals surface area contributed by atoms with Crippen LogP contribution in [0.1, 0.15) is 32.3 Å². The van der Waals surface area contributed by atoms with Gasteiger partial charge in [0.2, 0.25) is 0 Å². The van der Waals surface area contributed by atoms with Gasteiger partial charge in [-0.05, 0) is 19.4 Å². The molecule has 1 aromatic heterocycles. The molecule has 0 aliphatic rings. The maximum Gasteiger partial charge on any atom is 0.148 e. The van der Waals surface area contributed by atoms with Crippen LogP contribution in [0.5, 0.6) is 0 Å². The lowest BCUT2D eigenvalue weighted by molar-refractivity contribution is 0.724. The first-order valence-corrected chi connectivity index (χ1v) is 5.91. The van der Waals surface area contributed by atoms with E-state index >= 15 is 0 Å². The molecule has 0 radical (unpaired) electrons. The molecule has 0 N–H and O–H groups in total. The zero-order valence-electron chi connectivity index (χ0n) is 9.70. The van der Waals surface area contributed by atoms with Gasteiger partial charge in [-0.25, -0.2) is 4.98 Å².